The van der Waals surface area contributed by atoms with Gasteiger partial charge in [-0.05, 0) is 82.6 Å². The Morgan fingerprint density at radius 1 is 0.471 bits per heavy atom. The summed E-state index contributed by atoms with van der Waals surface area (Å²) in [5, 5.41) is 8.98. The van der Waals surface area contributed by atoms with Crippen LogP contribution in [0.3, 0.4) is 0 Å². The van der Waals surface area contributed by atoms with Crippen LogP contribution in [-0.2, 0) is 5.41 Å². The summed E-state index contributed by atoms with van der Waals surface area (Å²) in [4.78, 5) is 2.46. The fourth-order valence-corrected chi connectivity index (χ4v) is 8.95. The Balaban J connectivity index is 1.28. The molecule has 242 valence electrons. The largest absolute Gasteiger partial charge is 0.455 e. The van der Waals surface area contributed by atoms with Crippen LogP contribution in [0, 0.1) is 6.92 Å². The third kappa shape index (κ3) is 3.83. The van der Waals surface area contributed by atoms with Gasteiger partial charge in [0.25, 0.3) is 0 Å². The maximum atomic E-state index is 6.75. The van der Waals surface area contributed by atoms with E-state index in [0.717, 1.165) is 77.1 Å². The number of nitrogens with zero attached hydrogens (tertiary/aromatic N) is 1. The van der Waals surface area contributed by atoms with Crippen molar-refractivity contribution >= 4 is 82.5 Å². The van der Waals surface area contributed by atoms with E-state index in [1.54, 1.807) is 0 Å². The van der Waals surface area contributed by atoms with Gasteiger partial charge in [-0.2, -0.15) is 0 Å². The summed E-state index contributed by atoms with van der Waals surface area (Å²) in [6, 6.07) is 52.6. The van der Waals surface area contributed by atoms with Gasteiger partial charge in [0.15, 0.2) is 0 Å². The monoisotopic (exact) mass is 655 g/mol. The normalized spacial score (nSPS) is 13.5. The zero-order valence-corrected chi connectivity index (χ0v) is 28.6. The molecule has 10 aromatic rings. The fraction of sp³-hybridized carbons (Fsp3) is 0.0833. The Morgan fingerprint density at radius 3 is 2.02 bits per heavy atom. The van der Waals surface area contributed by atoms with E-state index >= 15 is 0 Å². The minimum Gasteiger partial charge on any atom is -0.455 e. The van der Waals surface area contributed by atoms with Crippen LogP contribution in [0.2, 0.25) is 0 Å². The first-order chi connectivity index (χ1) is 25.0. The van der Waals surface area contributed by atoms with E-state index in [1.165, 1.54) is 33.2 Å². The fourth-order valence-electron chi connectivity index (χ4n) is 8.95. The molecule has 0 N–H and O–H groups in total. The van der Waals surface area contributed by atoms with Crippen LogP contribution >= 0.6 is 0 Å². The first kappa shape index (κ1) is 28.5. The zero-order valence-electron chi connectivity index (χ0n) is 28.6. The lowest BCUT2D eigenvalue weighted by Gasteiger charge is -2.29. The molecule has 2 heterocycles. The third-order valence-corrected chi connectivity index (χ3v) is 11.4. The second-order valence-corrected chi connectivity index (χ2v) is 14.5. The Bertz CT molecular complexity index is 3080. The van der Waals surface area contributed by atoms with Gasteiger partial charge >= 0.3 is 0 Å². The summed E-state index contributed by atoms with van der Waals surface area (Å²) in [5.41, 5.74) is 13.2. The molecule has 1 aliphatic rings. The Labute approximate surface area is 294 Å². The van der Waals surface area contributed by atoms with Crippen LogP contribution < -0.4 is 4.90 Å². The average Bonchev–Trinajstić information content (AvgIpc) is 3.81. The molecule has 0 aliphatic heterocycles. The molecule has 3 nitrogen and oxygen atoms in total. The van der Waals surface area contributed by atoms with Gasteiger partial charge in [0.2, 0.25) is 0 Å². The summed E-state index contributed by atoms with van der Waals surface area (Å²) in [6.07, 6.45) is 0. The summed E-state index contributed by atoms with van der Waals surface area (Å²) in [7, 11) is 0. The van der Waals surface area contributed by atoms with E-state index in [9.17, 15) is 0 Å². The van der Waals surface area contributed by atoms with E-state index in [0.29, 0.717) is 0 Å². The van der Waals surface area contributed by atoms with Crippen molar-refractivity contribution in [2.75, 3.05) is 4.90 Å². The van der Waals surface area contributed by atoms with Gasteiger partial charge in [0.05, 0.1) is 16.8 Å². The first-order valence-electron chi connectivity index (χ1n) is 17.7. The van der Waals surface area contributed by atoms with Crippen LogP contribution in [-0.4, -0.2) is 0 Å². The van der Waals surface area contributed by atoms with Gasteiger partial charge in [0, 0.05) is 43.4 Å². The van der Waals surface area contributed by atoms with E-state index in [-0.39, 0.29) is 5.41 Å². The number of hydrogen-bond donors (Lipinski definition) is 0. The van der Waals surface area contributed by atoms with Crippen molar-refractivity contribution in [3.63, 3.8) is 0 Å². The molecule has 51 heavy (non-hydrogen) atoms. The highest BCUT2D eigenvalue weighted by molar-refractivity contribution is 6.23. The molecular weight excluding hydrogens is 623 g/mol. The van der Waals surface area contributed by atoms with Crippen LogP contribution in [0.5, 0.6) is 0 Å². The maximum absolute atomic E-state index is 6.75. The maximum Gasteiger partial charge on any atom is 0.143 e. The molecular formula is C48H33NO2. The van der Waals surface area contributed by atoms with E-state index in [1.807, 2.05) is 0 Å². The van der Waals surface area contributed by atoms with Crippen molar-refractivity contribution in [1.82, 2.24) is 0 Å². The number of rotatable bonds is 3. The van der Waals surface area contributed by atoms with Crippen LogP contribution in [0.1, 0.15) is 30.5 Å². The number of furan rings is 2. The van der Waals surface area contributed by atoms with Crippen LogP contribution in [0.15, 0.2) is 154 Å². The molecule has 0 radical (unpaired) electrons. The summed E-state index contributed by atoms with van der Waals surface area (Å²) in [5.74, 6) is 0. The Morgan fingerprint density at radius 2 is 1.16 bits per heavy atom. The summed E-state index contributed by atoms with van der Waals surface area (Å²) >= 11 is 0. The molecule has 0 saturated carbocycles. The van der Waals surface area contributed by atoms with Gasteiger partial charge < -0.3 is 13.7 Å². The molecule has 3 heteroatoms. The smallest absolute Gasteiger partial charge is 0.143 e. The number of aryl methyl sites for hydroxylation is 1. The lowest BCUT2D eigenvalue weighted by molar-refractivity contribution is 0.660. The number of benzene rings is 8. The molecule has 0 bridgehead atoms. The number of fused-ring (bicyclic) bond motifs is 13. The third-order valence-electron chi connectivity index (χ3n) is 11.4. The highest BCUT2D eigenvalue weighted by Crippen LogP contribution is 2.53. The highest BCUT2D eigenvalue weighted by atomic mass is 16.3. The molecule has 0 fully saturated rings. The Hall–Kier alpha value is -6.32. The molecule has 11 rings (SSSR count). The molecule has 2 aromatic heterocycles. The lowest BCUT2D eigenvalue weighted by atomic mass is 9.82. The second kappa shape index (κ2) is 10.1. The quantitative estimate of drug-likeness (QED) is 0.190. The topological polar surface area (TPSA) is 29.5 Å². The van der Waals surface area contributed by atoms with Crippen molar-refractivity contribution < 1.29 is 8.83 Å². The molecule has 0 atom stereocenters. The second-order valence-electron chi connectivity index (χ2n) is 14.5. The number of anilines is 3. The van der Waals surface area contributed by atoms with Crippen LogP contribution in [0.4, 0.5) is 17.1 Å². The zero-order chi connectivity index (χ0) is 34.0. The highest BCUT2D eigenvalue weighted by Gasteiger charge is 2.36. The van der Waals surface area contributed by atoms with Crippen LogP contribution in [0.25, 0.3) is 76.5 Å². The van der Waals surface area contributed by atoms with Gasteiger partial charge in [-0.1, -0.05) is 117 Å². The van der Waals surface area contributed by atoms with E-state index in [2.05, 4.69) is 171 Å². The molecule has 0 amide bonds. The van der Waals surface area contributed by atoms with Crippen molar-refractivity contribution in [2.45, 2.75) is 26.2 Å². The molecule has 8 aromatic carbocycles. The minimum absolute atomic E-state index is 0.148. The van der Waals surface area contributed by atoms with Gasteiger partial charge in [-0.25, -0.2) is 0 Å². The molecule has 0 spiro atoms. The lowest BCUT2D eigenvalue weighted by Crippen LogP contribution is -2.16. The van der Waals surface area contributed by atoms with Crippen molar-refractivity contribution in [2.24, 2.45) is 0 Å². The van der Waals surface area contributed by atoms with E-state index < -0.39 is 0 Å². The number of hydrogen-bond acceptors (Lipinski definition) is 3. The Kier molecular flexibility index (Phi) is 5.66. The predicted molar refractivity (Wildman–Crippen MR) is 213 cm³/mol. The summed E-state index contributed by atoms with van der Waals surface area (Å²) in [6.45, 7) is 6.87. The van der Waals surface area contributed by atoms with Gasteiger partial charge in [-0.15, -0.1) is 0 Å². The molecule has 0 unspecified atom stereocenters. The van der Waals surface area contributed by atoms with Gasteiger partial charge in [0.1, 0.15) is 22.3 Å². The standard InChI is InChI=1S/C48H33NO2/c1-28-12-10-20-42-44(28)37-27-41(34-16-6-7-17-35(34)47(37)50-42)49(30-23-25-33-32-15-8-9-18-38(32)48(2,3)39(33)26-30)40-19-11-21-43-45(40)36-24-22-29-13-4-5-14-31(29)46(36)51-43/h4-27H,1-3H3. The van der Waals surface area contributed by atoms with Crippen molar-refractivity contribution in [3.8, 4) is 11.1 Å². The van der Waals surface area contributed by atoms with Crippen molar-refractivity contribution in [3.05, 3.63) is 162 Å². The van der Waals surface area contributed by atoms with E-state index in [4.69, 9.17) is 8.83 Å². The SMILES string of the molecule is Cc1cccc2oc3c4ccccc4c(N(c4ccc5c(c4)C(C)(C)c4ccccc4-5)c4cccc5oc6c7ccccc7ccc6c45)cc3c12. The average molecular weight is 656 g/mol. The van der Waals surface area contributed by atoms with Crippen molar-refractivity contribution in [1.29, 1.82) is 0 Å². The minimum atomic E-state index is -0.148. The van der Waals surface area contributed by atoms with Gasteiger partial charge in [-0.3, -0.25) is 0 Å². The molecule has 0 saturated heterocycles. The predicted octanol–water partition coefficient (Wildman–Crippen LogP) is 13.9. The molecule has 1 aliphatic carbocycles. The summed E-state index contributed by atoms with van der Waals surface area (Å²) < 4.78 is 13.4. The first-order valence-corrected chi connectivity index (χ1v) is 17.7.